The Morgan fingerprint density at radius 1 is 1.29 bits per heavy atom. The number of rotatable bonds is 4. The van der Waals surface area contributed by atoms with Gasteiger partial charge in [0.1, 0.15) is 6.33 Å². The predicted molar refractivity (Wildman–Crippen MR) is 68.5 cm³/mol. The first-order valence-corrected chi connectivity index (χ1v) is 6.69. The van der Waals surface area contributed by atoms with Crippen LogP contribution in [0.25, 0.3) is 0 Å². The van der Waals surface area contributed by atoms with Gasteiger partial charge in [-0.3, -0.25) is 0 Å². The third-order valence-corrected chi connectivity index (χ3v) is 3.51. The van der Waals surface area contributed by atoms with E-state index in [-0.39, 0.29) is 5.38 Å². The first kappa shape index (κ1) is 12.8. The lowest BCUT2D eigenvalue weighted by atomic mass is 10.0. The monoisotopic (exact) mass is 254 g/mol. The predicted octanol–water partition coefficient (Wildman–Crippen LogP) is 2.54. The first-order chi connectivity index (χ1) is 8.31. The Morgan fingerprint density at radius 2 is 2.12 bits per heavy atom. The maximum Gasteiger partial charge on any atom is 0.115 e. The van der Waals surface area contributed by atoms with Gasteiger partial charge < -0.3 is 4.74 Å². The van der Waals surface area contributed by atoms with Crippen LogP contribution in [0.3, 0.4) is 0 Å². The molecule has 1 aromatic heterocycles. The average molecular weight is 255 g/mol. The molecular weight excluding hydrogens is 236 g/mol. The molecule has 0 saturated carbocycles. The number of hydrogen-bond donors (Lipinski definition) is 0. The molecule has 1 aliphatic carbocycles. The highest BCUT2D eigenvalue weighted by Gasteiger charge is 2.16. The molecule has 1 aliphatic rings. The van der Waals surface area contributed by atoms with Crippen molar-refractivity contribution in [1.82, 2.24) is 9.97 Å². The molecule has 94 valence electrons. The van der Waals surface area contributed by atoms with Crippen molar-refractivity contribution in [3.8, 4) is 0 Å². The second-order valence-electron chi connectivity index (χ2n) is 4.56. The molecule has 0 spiro atoms. The number of aromatic nitrogens is 2. The molecule has 0 N–H and O–H groups in total. The highest BCUT2D eigenvalue weighted by Crippen LogP contribution is 2.22. The molecule has 0 fully saturated rings. The summed E-state index contributed by atoms with van der Waals surface area (Å²) in [6.07, 6.45) is 8.41. The van der Waals surface area contributed by atoms with E-state index in [0.29, 0.717) is 6.61 Å². The number of alkyl halides is 1. The Hall–Kier alpha value is -0.670. The molecule has 2 rings (SSSR count). The molecule has 0 aromatic carbocycles. The van der Waals surface area contributed by atoms with Gasteiger partial charge in [-0.05, 0) is 31.2 Å². The maximum atomic E-state index is 6.21. The molecule has 1 atom stereocenters. The first-order valence-electron chi connectivity index (χ1n) is 6.26. The molecule has 0 saturated heterocycles. The van der Waals surface area contributed by atoms with Gasteiger partial charge in [-0.2, -0.15) is 0 Å². The Labute approximate surface area is 108 Å². The normalized spacial score (nSPS) is 17.3. The summed E-state index contributed by atoms with van der Waals surface area (Å²) in [5.41, 5.74) is 3.69. The van der Waals surface area contributed by atoms with Crippen LogP contribution in [0.15, 0.2) is 6.33 Å². The van der Waals surface area contributed by atoms with E-state index in [0.717, 1.165) is 25.0 Å². The van der Waals surface area contributed by atoms with Crippen molar-refractivity contribution in [2.75, 3.05) is 13.7 Å². The molecule has 0 radical (unpaired) electrons. The topological polar surface area (TPSA) is 35.0 Å². The van der Waals surface area contributed by atoms with E-state index in [2.05, 4.69) is 9.97 Å². The summed E-state index contributed by atoms with van der Waals surface area (Å²) in [7, 11) is 1.68. The van der Waals surface area contributed by atoms with E-state index in [9.17, 15) is 0 Å². The number of fused-ring (bicyclic) bond motifs is 1. The molecule has 1 heterocycles. The van der Waals surface area contributed by atoms with Crippen molar-refractivity contribution in [3.63, 3.8) is 0 Å². The van der Waals surface area contributed by atoms with E-state index in [4.69, 9.17) is 16.3 Å². The zero-order chi connectivity index (χ0) is 12.1. The van der Waals surface area contributed by atoms with Crippen LogP contribution in [-0.2, 0) is 24.0 Å². The number of methoxy groups -OCH3 is 1. The minimum atomic E-state index is 0.00209. The minimum absolute atomic E-state index is 0.00209. The van der Waals surface area contributed by atoms with Crippen molar-refractivity contribution >= 4 is 11.6 Å². The number of ether oxygens (including phenoxy) is 1. The number of nitrogens with zero attached hydrogens (tertiary/aromatic N) is 2. The molecule has 0 amide bonds. The van der Waals surface area contributed by atoms with Crippen LogP contribution in [0.5, 0.6) is 0 Å². The lowest BCUT2D eigenvalue weighted by molar-refractivity contribution is 0.197. The third-order valence-electron chi connectivity index (χ3n) is 3.23. The largest absolute Gasteiger partial charge is 0.383 e. The van der Waals surface area contributed by atoms with Gasteiger partial charge in [0.05, 0.1) is 12.0 Å². The van der Waals surface area contributed by atoms with Crippen LogP contribution in [-0.4, -0.2) is 29.1 Å². The SMILES string of the molecule is COCC(Cl)Cc1ncnc2c1CCCCC2. The molecule has 1 unspecified atom stereocenters. The summed E-state index contributed by atoms with van der Waals surface area (Å²) in [5, 5.41) is 0.00209. The van der Waals surface area contributed by atoms with Crippen LogP contribution in [0.1, 0.15) is 36.2 Å². The summed E-state index contributed by atoms with van der Waals surface area (Å²) in [4.78, 5) is 8.81. The standard InChI is InChI=1S/C13H19ClN2O/c1-17-8-10(14)7-13-11-5-3-2-4-6-12(11)15-9-16-13/h9-10H,2-8H2,1H3. The van der Waals surface area contributed by atoms with Gasteiger partial charge in [0.2, 0.25) is 0 Å². The zero-order valence-electron chi connectivity index (χ0n) is 10.3. The van der Waals surface area contributed by atoms with Gasteiger partial charge >= 0.3 is 0 Å². The Kier molecular flexibility index (Phi) is 4.75. The molecule has 4 heteroatoms. The van der Waals surface area contributed by atoms with Crippen molar-refractivity contribution in [2.45, 2.75) is 43.9 Å². The Morgan fingerprint density at radius 3 is 2.94 bits per heavy atom. The van der Waals surface area contributed by atoms with E-state index < -0.39 is 0 Å². The van der Waals surface area contributed by atoms with Crippen molar-refractivity contribution in [3.05, 3.63) is 23.3 Å². The second kappa shape index (κ2) is 6.31. The Balaban J connectivity index is 2.16. The second-order valence-corrected chi connectivity index (χ2v) is 5.18. The fourth-order valence-electron chi connectivity index (χ4n) is 2.39. The van der Waals surface area contributed by atoms with Crippen molar-refractivity contribution in [1.29, 1.82) is 0 Å². The molecular formula is C13H19ClN2O. The highest BCUT2D eigenvalue weighted by atomic mass is 35.5. The molecule has 0 aliphatic heterocycles. The molecule has 0 bridgehead atoms. The van der Waals surface area contributed by atoms with E-state index in [1.54, 1.807) is 13.4 Å². The van der Waals surface area contributed by atoms with Gasteiger partial charge in [0.15, 0.2) is 0 Å². The molecule has 1 aromatic rings. The molecule has 3 nitrogen and oxygen atoms in total. The number of halogens is 1. The van der Waals surface area contributed by atoms with Crippen molar-refractivity contribution in [2.24, 2.45) is 0 Å². The van der Waals surface area contributed by atoms with Crippen LogP contribution in [0.4, 0.5) is 0 Å². The van der Waals surface area contributed by atoms with E-state index in [1.807, 2.05) is 0 Å². The smallest absolute Gasteiger partial charge is 0.115 e. The van der Waals surface area contributed by atoms with Gasteiger partial charge in [-0.25, -0.2) is 9.97 Å². The van der Waals surface area contributed by atoms with E-state index in [1.165, 1.54) is 30.5 Å². The minimum Gasteiger partial charge on any atom is -0.383 e. The fraction of sp³-hybridized carbons (Fsp3) is 0.692. The lowest BCUT2D eigenvalue weighted by Gasteiger charge is -2.13. The summed E-state index contributed by atoms with van der Waals surface area (Å²) in [6, 6.07) is 0. The molecule has 17 heavy (non-hydrogen) atoms. The van der Waals surface area contributed by atoms with Crippen LogP contribution >= 0.6 is 11.6 Å². The zero-order valence-corrected chi connectivity index (χ0v) is 11.0. The van der Waals surface area contributed by atoms with Gasteiger partial charge in [0, 0.05) is 24.9 Å². The third kappa shape index (κ3) is 3.39. The fourth-order valence-corrected chi connectivity index (χ4v) is 2.66. The van der Waals surface area contributed by atoms with Crippen LogP contribution < -0.4 is 0 Å². The van der Waals surface area contributed by atoms with Crippen LogP contribution in [0, 0.1) is 0 Å². The quantitative estimate of drug-likeness (QED) is 0.612. The van der Waals surface area contributed by atoms with E-state index >= 15 is 0 Å². The van der Waals surface area contributed by atoms with Gasteiger partial charge in [-0.1, -0.05) is 6.42 Å². The lowest BCUT2D eigenvalue weighted by Crippen LogP contribution is -2.14. The summed E-state index contributed by atoms with van der Waals surface area (Å²) in [5.74, 6) is 0. The van der Waals surface area contributed by atoms with Gasteiger partial charge in [0.25, 0.3) is 0 Å². The van der Waals surface area contributed by atoms with Crippen molar-refractivity contribution < 1.29 is 4.74 Å². The average Bonchev–Trinajstić information content (AvgIpc) is 2.55. The Bertz CT molecular complexity index is 370. The number of aryl methyl sites for hydroxylation is 1. The van der Waals surface area contributed by atoms with Crippen LogP contribution in [0.2, 0.25) is 0 Å². The van der Waals surface area contributed by atoms with Gasteiger partial charge in [-0.15, -0.1) is 11.6 Å². The highest BCUT2D eigenvalue weighted by molar-refractivity contribution is 6.20. The summed E-state index contributed by atoms with van der Waals surface area (Å²) >= 11 is 6.21. The summed E-state index contributed by atoms with van der Waals surface area (Å²) < 4.78 is 5.07. The maximum absolute atomic E-state index is 6.21. The number of hydrogen-bond acceptors (Lipinski definition) is 3. The summed E-state index contributed by atoms with van der Waals surface area (Å²) in [6.45, 7) is 0.570.